The number of unbranched alkanes of at least 4 members (excludes halogenated alkanes) is 1. The third kappa shape index (κ3) is 3.89. The van der Waals surface area contributed by atoms with Crippen LogP contribution in [0.5, 0.6) is 5.75 Å². The van der Waals surface area contributed by atoms with Gasteiger partial charge in [-0.25, -0.2) is 8.42 Å². The van der Waals surface area contributed by atoms with Crippen LogP contribution >= 0.6 is 10.7 Å². The summed E-state index contributed by atoms with van der Waals surface area (Å²) in [7, 11) is 1.31. The Balaban J connectivity index is 3.14. The molecular formula is C11H14ClNO4S. The van der Waals surface area contributed by atoms with Gasteiger partial charge in [-0.1, -0.05) is 13.3 Å². The van der Waals surface area contributed by atoms with Crippen LogP contribution in [0.2, 0.25) is 0 Å². The molecule has 18 heavy (non-hydrogen) atoms. The van der Waals surface area contributed by atoms with Crippen molar-refractivity contribution < 1.29 is 17.9 Å². The first kappa shape index (κ1) is 14.8. The number of carbonyl (C=O) groups excluding carboxylic acids is 1. The van der Waals surface area contributed by atoms with E-state index in [9.17, 15) is 13.2 Å². The monoisotopic (exact) mass is 291 g/mol. The molecule has 0 fully saturated rings. The van der Waals surface area contributed by atoms with Crippen LogP contribution in [0.15, 0.2) is 23.1 Å². The first-order valence-electron chi connectivity index (χ1n) is 5.37. The number of hydrogen-bond acceptors (Lipinski definition) is 4. The molecule has 1 aromatic rings. The number of rotatable bonds is 6. The number of halogens is 1. The minimum Gasteiger partial charge on any atom is -0.492 e. The predicted molar refractivity (Wildman–Crippen MR) is 68.4 cm³/mol. The Labute approximate surface area is 110 Å². The smallest absolute Gasteiger partial charge is 0.265 e. The van der Waals surface area contributed by atoms with Crippen LogP contribution in [0.25, 0.3) is 0 Å². The van der Waals surface area contributed by atoms with Crippen LogP contribution in [-0.2, 0) is 9.05 Å². The molecule has 2 N–H and O–H groups in total. The third-order valence-electron chi connectivity index (χ3n) is 2.25. The third-order valence-corrected chi connectivity index (χ3v) is 3.59. The maximum absolute atomic E-state index is 11.4. The van der Waals surface area contributed by atoms with Crippen molar-refractivity contribution in [3.05, 3.63) is 23.8 Å². The van der Waals surface area contributed by atoms with E-state index in [-0.39, 0.29) is 16.2 Å². The molecule has 0 saturated heterocycles. The van der Waals surface area contributed by atoms with E-state index in [1.54, 1.807) is 0 Å². The summed E-state index contributed by atoms with van der Waals surface area (Å²) in [5.74, 6) is -0.597. The van der Waals surface area contributed by atoms with Gasteiger partial charge in [-0.2, -0.15) is 0 Å². The van der Waals surface area contributed by atoms with Gasteiger partial charge in [-0.05, 0) is 24.6 Å². The Hall–Kier alpha value is -1.27. The SMILES string of the molecule is CCCCOc1ccc(C(N)=O)cc1S(=O)(=O)Cl. The van der Waals surface area contributed by atoms with E-state index in [1.165, 1.54) is 12.1 Å². The summed E-state index contributed by atoms with van der Waals surface area (Å²) < 4.78 is 28.1. The Morgan fingerprint density at radius 3 is 2.61 bits per heavy atom. The number of carbonyl (C=O) groups is 1. The summed E-state index contributed by atoms with van der Waals surface area (Å²) in [6, 6.07) is 3.89. The first-order chi connectivity index (χ1) is 8.36. The maximum Gasteiger partial charge on any atom is 0.265 e. The maximum atomic E-state index is 11.4. The van der Waals surface area contributed by atoms with Gasteiger partial charge in [0.25, 0.3) is 9.05 Å². The highest BCUT2D eigenvalue weighted by Gasteiger charge is 2.19. The van der Waals surface area contributed by atoms with Gasteiger partial charge in [0.15, 0.2) is 0 Å². The van der Waals surface area contributed by atoms with E-state index in [2.05, 4.69) is 0 Å². The minimum atomic E-state index is -3.99. The Morgan fingerprint density at radius 1 is 1.44 bits per heavy atom. The summed E-state index contributed by atoms with van der Waals surface area (Å²) in [6.45, 7) is 2.37. The lowest BCUT2D eigenvalue weighted by molar-refractivity contribution is 0.1000. The number of nitrogens with two attached hydrogens (primary N) is 1. The van der Waals surface area contributed by atoms with Crippen molar-refractivity contribution in [2.45, 2.75) is 24.7 Å². The second kappa shape index (κ2) is 6.06. The quantitative estimate of drug-likeness (QED) is 0.640. The zero-order chi connectivity index (χ0) is 13.8. The molecule has 0 spiro atoms. The van der Waals surface area contributed by atoms with Crippen molar-refractivity contribution in [3.8, 4) is 5.75 Å². The molecule has 0 aliphatic rings. The Kier molecular flexibility index (Phi) is 4.98. The van der Waals surface area contributed by atoms with Crippen LogP contribution in [0, 0.1) is 0 Å². The van der Waals surface area contributed by atoms with Gasteiger partial charge in [0.05, 0.1) is 6.61 Å². The largest absolute Gasteiger partial charge is 0.492 e. The van der Waals surface area contributed by atoms with E-state index in [1.807, 2.05) is 6.92 Å². The number of benzene rings is 1. The summed E-state index contributed by atoms with van der Waals surface area (Å²) >= 11 is 0. The average molecular weight is 292 g/mol. The molecular weight excluding hydrogens is 278 g/mol. The standard InChI is InChI=1S/C11H14ClNO4S/c1-2-3-6-17-9-5-4-8(11(13)14)7-10(9)18(12,15)16/h4-5,7H,2-3,6H2,1H3,(H2,13,14). The molecule has 0 bridgehead atoms. The van der Waals surface area contributed by atoms with Crippen LogP contribution in [0.3, 0.4) is 0 Å². The molecule has 1 aromatic carbocycles. The predicted octanol–water partition coefficient (Wildman–Crippen LogP) is 1.89. The fourth-order valence-electron chi connectivity index (χ4n) is 1.30. The highest BCUT2D eigenvalue weighted by Crippen LogP contribution is 2.28. The van der Waals surface area contributed by atoms with E-state index < -0.39 is 15.0 Å². The van der Waals surface area contributed by atoms with Crippen molar-refractivity contribution in [3.63, 3.8) is 0 Å². The molecule has 0 unspecified atom stereocenters. The normalized spacial score (nSPS) is 11.2. The van der Waals surface area contributed by atoms with Gasteiger partial charge in [-0.15, -0.1) is 0 Å². The fourth-order valence-corrected chi connectivity index (χ4v) is 2.29. The van der Waals surface area contributed by atoms with E-state index >= 15 is 0 Å². The van der Waals surface area contributed by atoms with E-state index in [0.717, 1.165) is 18.9 Å². The lowest BCUT2D eigenvalue weighted by Gasteiger charge is -2.10. The van der Waals surface area contributed by atoms with Crippen LogP contribution in [0.1, 0.15) is 30.1 Å². The lowest BCUT2D eigenvalue weighted by Crippen LogP contribution is -2.12. The molecule has 5 nitrogen and oxygen atoms in total. The number of ether oxygens (including phenoxy) is 1. The lowest BCUT2D eigenvalue weighted by atomic mass is 10.2. The second-order valence-electron chi connectivity index (χ2n) is 3.67. The molecule has 7 heteroatoms. The van der Waals surface area contributed by atoms with Gasteiger partial charge >= 0.3 is 0 Å². The van der Waals surface area contributed by atoms with Crippen LogP contribution in [-0.4, -0.2) is 20.9 Å². The molecule has 0 atom stereocenters. The molecule has 0 heterocycles. The van der Waals surface area contributed by atoms with Crippen molar-refractivity contribution in [1.82, 2.24) is 0 Å². The van der Waals surface area contributed by atoms with Gasteiger partial charge in [-0.3, -0.25) is 4.79 Å². The molecule has 100 valence electrons. The number of primary amides is 1. The number of amides is 1. The summed E-state index contributed by atoms with van der Waals surface area (Å²) in [6.07, 6.45) is 1.71. The highest BCUT2D eigenvalue weighted by atomic mass is 35.7. The number of hydrogen-bond donors (Lipinski definition) is 1. The molecule has 0 aliphatic carbocycles. The Morgan fingerprint density at radius 2 is 2.11 bits per heavy atom. The summed E-state index contributed by atoms with van der Waals surface area (Å²) in [5, 5.41) is 0. The zero-order valence-corrected chi connectivity index (χ0v) is 11.4. The molecule has 0 aromatic heterocycles. The molecule has 0 radical (unpaired) electrons. The van der Waals surface area contributed by atoms with E-state index in [0.29, 0.717) is 6.61 Å². The van der Waals surface area contributed by atoms with Gasteiger partial charge in [0.2, 0.25) is 5.91 Å². The topological polar surface area (TPSA) is 86.5 Å². The second-order valence-corrected chi connectivity index (χ2v) is 6.20. The van der Waals surface area contributed by atoms with Gasteiger partial charge < -0.3 is 10.5 Å². The Bertz CT molecular complexity index is 542. The van der Waals surface area contributed by atoms with Crippen LogP contribution in [0.4, 0.5) is 0 Å². The van der Waals surface area contributed by atoms with Gasteiger partial charge in [0.1, 0.15) is 10.6 Å². The molecule has 1 rings (SSSR count). The summed E-state index contributed by atoms with van der Waals surface area (Å²) in [4.78, 5) is 10.8. The fraction of sp³-hybridized carbons (Fsp3) is 0.364. The van der Waals surface area contributed by atoms with Crippen molar-refractivity contribution in [2.24, 2.45) is 5.73 Å². The molecule has 0 aliphatic heterocycles. The van der Waals surface area contributed by atoms with Gasteiger partial charge in [0, 0.05) is 16.2 Å². The van der Waals surface area contributed by atoms with Crippen LogP contribution < -0.4 is 10.5 Å². The van der Waals surface area contributed by atoms with E-state index in [4.69, 9.17) is 21.2 Å². The first-order valence-corrected chi connectivity index (χ1v) is 7.68. The molecule has 1 amide bonds. The highest BCUT2D eigenvalue weighted by molar-refractivity contribution is 8.13. The van der Waals surface area contributed by atoms with Crippen molar-refractivity contribution in [2.75, 3.05) is 6.61 Å². The zero-order valence-electron chi connectivity index (χ0n) is 9.85. The average Bonchev–Trinajstić information content (AvgIpc) is 2.28. The molecule has 0 saturated carbocycles. The van der Waals surface area contributed by atoms with Crippen molar-refractivity contribution >= 4 is 25.6 Å². The van der Waals surface area contributed by atoms with Crippen molar-refractivity contribution in [1.29, 1.82) is 0 Å². The minimum absolute atomic E-state index is 0.0667. The summed E-state index contributed by atoms with van der Waals surface area (Å²) in [5.41, 5.74) is 5.15.